The summed E-state index contributed by atoms with van der Waals surface area (Å²) in [5.41, 5.74) is 5.86. The molecule has 0 radical (unpaired) electrons. The normalized spacial score (nSPS) is 21.4. The summed E-state index contributed by atoms with van der Waals surface area (Å²) >= 11 is 6.13. The Bertz CT molecular complexity index is 1440. The predicted molar refractivity (Wildman–Crippen MR) is 176 cm³/mol. The number of benzene rings is 3. The van der Waals surface area contributed by atoms with Crippen molar-refractivity contribution in [1.29, 1.82) is 0 Å². The second kappa shape index (κ2) is 14.1. The standard InChI is InChI=1S/C35H43ClN6O2/c1-24(39-29-14-15-37-23-29)30-8-4-5-9-33(30)41-16-18-42(19-17-41)35(44)32(20-25-10-12-28(36)13-11-25)40-34(43)31-21-26-6-2-3-7-27(26)22-38-31/h2-13,24,29,31-32,37-39H,14-23H2,1H3,(H,40,43)/t24?,29-,31+,32+/m0/s1. The van der Waals surface area contributed by atoms with Crippen molar-refractivity contribution in [2.24, 2.45) is 0 Å². The molecule has 44 heavy (non-hydrogen) atoms. The third-order valence-electron chi connectivity index (χ3n) is 9.25. The van der Waals surface area contributed by atoms with E-state index in [1.807, 2.05) is 41.3 Å². The monoisotopic (exact) mass is 614 g/mol. The first-order chi connectivity index (χ1) is 21.4. The highest BCUT2D eigenvalue weighted by Gasteiger charge is 2.32. The Kier molecular flexibility index (Phi) is 9.82. The minimum atomic E-state index is -0.661. The number of anilines is 1. The van der Waals surface area contributed by atoms with Gasteiger partial charge in [0.15, 0.2) is 0 Å². The fourth-order valence-electron chi connectivity index (χ4n) is 6.74. The smallest absolute Gasteiger partial charge is 0.245 e. The van der Waals surface area contributed by atoms with Crippen molar-refractivity contribution < 1.29 is 9.59 Å². The van der Waals surface area contributed by atoms with Crippen LogP contribution >= 0.6 is 11.6 Å². The highest BCUT2D eigenvalue weighted by molar-refractivity contribution is 6.30. The molecule has 6 rings (SSSR count). The van der Waals surface area contributed by atoms with Crippen LogP contribution in [0.4, 0.5) is 5.69 Å². The molecule has 0 spiro atoms. The lowest BCUT2D eigenvalue weighted by molar-refractivity contribution is -0.137. The summed E-state index contributed by atoms with van der Waals surface area (Å²) in [4.78, 5) is 31.9. The first kappa shape index (κ1) is 30.6. The van der Waals surface area contributed by atoms with E-state index in [-0.39, 0.29) is 23.9 Å². The number of hydrogen-bond donors (Lipinski definition) is 4. The third kappa shape index (κ3) is 7.26. The number of hydrogen-bond acceptors (Lipinski definition) is 6. The van der Waals surface area contributed by atoms with Crippen LogP contribution in [0.25, 0.3) is 0 Å². The number of fused-ring (bicyclic) bond motifs is 1. The molecule has 0 bridgehead atoms. The second-order valence-electron chi connectivity index (χ2n) is 12.2. The Balaban J connectivity index is 1.12. The van der Waals surface area contributed by atoms with Crippen molar-refractivity contribution in [2.45, 2.75) is 56.9 Å². The molecule has 4 atom stereocenters. The molecule has 2 amide bonds. The quantitative estimate of drug-likeness (QED) is 0.295. The molecule has 232 valence electrons. The molecule has 3 aliphatic heterocycles. The molecule has 4 N–H and O–H groups in total. The highest BCUT2D eigenvalue weighted by Crippen LogP contribution is 2.28. The average molecular weight is 615 g/mol. The van der Waals surface area contributed by atoms with Crippen LogP contribution < -0.4 is 26.2 Å². The largest absolute Gasteiger partial charge is 0.368 e. The third-order valence-corrected chi connectivity index (χ3v) is 9.50. The van der Waals surface area contributed by atoms with Crippen molar-refractivity contribution >= 4 is 29.1 Å². The fraction of sp³-hybridized carbons (Fsp3) is 0.429. The van der Waals surface area contributed by atoms with Crippen molar-refractivity contribution in [1.82, 2.24) is 26.2 Å². The lowest BCUT2D eigenvalue weighted by atomic mass is 9.95. The van der Waals surface area contributed by atoms with Gasteiger partial charge in [-0.15, -0.1) is 0 Å². The van der Waals surface area contributed by atoms with Crippen LogP contribution in [0.5, 0.6) is 0 Å². The molecule has 3 heterocycles. The van der Waals surface area contributed by atoms with Crippen molar-refractivity contribution in [2.75, 3.05) is 44.2 Å². The van der Waals surface area contributed by atoms with Crippen LogP contribution in [-0.4, -0.2) is 74.1 Å². The van der Waals surface area contributed by atoms with Gasteiger partial charge in [0, 0.05) is 68.5 Å². The molecule has 9 heteroatoms. The molecule has 2 saturated heterocycles. The molecule has 3 aromatic rings. The Morgan fingerprint density at radius 2 is 1.68 bits per heavy atom. The summed E-state index contributed by atoms with van der Waals surface area (Å²) in [7, 11) is 0. The van der Waals surface area contributed by atoms with E-state index in [2.05, 4.69) is 69.5 Å². The Morgan fingerprint density at radius 1 is 0.955 bits per heavy atom. The molecular weight excluding hydrogens is 572 g/mol. The van der Waals surface area contributed by atoms with E-state index in [4.69, 9.17) is 11.6 Å². The molecule has 0 aliphatic carbocycles. The van der Waals surface area contributed by atoms with Gasteiger partial charge in [-0.25, -0.2) is 0 Å². The molecule has 3 aliphatic rings. The number of para-hydroxylation sites is 1. The zero-order valence-corrected chi connectivity index (χ0v) is 26.2. The number of rotatable bonds is 9. The first-order valence-electron chi connectivity index (χ1n) is 15.9. The number of halogens is 1. The fourth-order valence-corrected chi connectivity index (χ4v) is 6.86. The van der Waals surface area contributed by atoms with E-state index in [1.54, 1.807) is 0 Å². The number of nitrogens with one attached hydrogen (secondary N) is 4. The van der Waals surface area contributed by atoms with E-state index in [0.717, 1.165) is 38.2 Å². The van der Waals surface area contributed by atoms with Gasteiger partial charge in [-0.2, -0.15) is 0 Å². The molecule has 8 nitrogen and oxygen atoms in total. The molecule has 2 fully saturated rings. The van der Waals surface area contributed by atoms with Crippen LogP contribution in [0.1, 0.15) is 41.6 Å². The molecule has 0 aromatic heterocycles. The van der Waals surface area contributed by atoms with E-state index < -0.39 is 6.04 Å². The highest BCUT2D eigenvalue weighted by atomic mass is 35.5. The SMILES string of the molecule is CC(N[C@H]1CCNC1)c1ccccc1N1CCN(C(=O)[C@@H](Cc2ccc(Cl)cc2)NC(=O)[C@H]2Cc3ccccc3CN2)CC1. The summed E-state index contributed by atoms with van der Waals surface area (Å²) in [6, 6.07) is 24.0. The van der Waals surface area contributed by atoms with Crippen LogP contribution in [-0.2, 0) is 29.0 Å². The van der Waals surface area contributed by atoms with E-state index in [9.17, 15) is 9.59 Å². The van der Waals surface area contributed by atoms with Gasteiger partial charge in [0.05, 0.1) is 6.04 Å². The number of piperazine rings is 1. The lowest BCUT2D eigenvalue weighted by Crippen LogP contribution is -2.58. The molecule has 0 saturated carbocycles. The average Bonchev–Trinajstić information content (AvgIpc) is 3.58. The second-order valence-corrected chi connectivity index (χ2v) is 12.7. The Labute approximate surface area is 265 Å². The van der Waals surface area contributed by atoms with Gasteiger partial charge in [0.25, 0.3) is 0 Å². The van der Waals surface area contributed by atoms with E-state index >= 15 is 0 Å². The lowest BCUT2D eigenvalue weighted by Gasteiger charge is -2.39. The Morgan fingerprint density at radius 3 is 2.43 bits per heavy atom. The number of amides is 2. The minimum Gasteiger partial charge on any atom is -0.368 e. The minimum absolute atomic E-state index is 0.0405. The van der Waals surface area contributed by atoms with Crippen molar-refractivity contribution in [3.8, 4) is 0 Å². The van der Waals surface area contributed by atoms with Crippen LogP contribution in [0.15, 0.2) is 72.8 Å². The molecule has 1 unspecified atom stereocenters. The van der Waals surface area contributed by atoms with Gasteiger partial charge in [-0.05, 0) is 66.8 Å². The summed E-state index contributed by atoms with van der Waals surface area (Å²) in [5.74, 6) is -0.181. The van der Waals surface area contributed by atoms with Crippen LogP contribution in [0.3, 0.4) is 0 Å². The summed E-state index contributed by atoms with van der Waals surface area (Å²) in [5, 5.41) is 14.4. The Hall–Kier alpha value is -3.43. The number of carbonyl (C=O) groups is 2. The zero-order valence-electron chi connectivity index (χ0n) is 25.4. The molecule has 3 aromatic carbocycles. The summed E-state index contributed by atoms with van der Waals surface area (Å²) < 4.78 is 0. The number of carbonyl (C=O) groups excluding carboxylic acids is 2. The predicted octanol–water partition coefficient (Wildman–Crippen LogP) is 3.44. The van der Waals surface area contributed by atoms with E-state index in [1.165, 1.54) is 22.4 Å². The van der Waals surface area contributed by atoms with Gasteiger partial charge in [0.2, 0.25) is 11.8 Å². The first-order valence-corrected chi connectivity index (χ1v) is 16.3. The van der Waals surface area contributed by atoms with Crippen LogP contribution in [0, 0.1) is 0 Å². The van der Waals surface area contributed by atoms with Gasteiger partial charge in [-0.1, -0.05) is 66.2 Å². The number of nitrogens with zero attached hydrogens (tertiary/aromatic N) is 2. The van der Waals surface area contributed by atoms with Gasteiger partial charge >= 0.3 is 0 Å². The maximum atomic E-state index is 14.0. The van der Waals surface area contributed by atoms with E-state index in [0.29, 0.717) is 43.5 Å². The van der Waals surface area contributed by atoms with Gasteiger partial charge in [0.1, 0.15) is 6.04 Å². The maximum Gasteiger partial charge on any atom is 0.245 e. The topological polar surface area (TPSA) is 88.7 Å². The van der Waals surface area contributed by atoms with Gasteiger partial charge in [-0.3, -0.25) is 9.59 Å². The molecular formula is C35H43ClN6O2. The maximum absolute atomic E-state index is 14.0. The van der Waals surface area contributed by atoms with Crippen molar-refractivity contribution in [3.05, 3.63) is 100 Å². The summed E-state index contributed by atoms with van der Waals surface area (Å²) in [6.45, 7) is 7.62. The van der Waals surface area contributed by atoms with Crippen molar-refractivity contribution in [3.63, 3.8) is 0 Å². The zero-order chi connectivity index (χ0) is 30.5. The van der Waals surface area contributed by atoms with Crippen LogP contribution in [0.2, 0.25) is 5.02 Å². The summed E-state index contributed by atoms with van der Waals surface area (Å²) in [6.07, 6.45) is 2.16. The van der Waals surface area contributed by atoms with Gasteiger partial charge < -0.3 is 31.1 Å².